The van der Waals surface area contributed by atoms with Gasteiger partial charge in [-0.3, -0.25) is 9.59 Å². The Balaban J connectivity index is 1.72. The second-order valence-corrected chi connectivity index (χ2v) is 7.11. The van der Waals surface area contributed by atoms with Gasteiger partial charge >= 0.3 is 0 Å². The maximum atomic E-state index is 13.3. The van der Waals surface area contributed by atoms with Crippen LogP contribution in [0.2, 0.25) is 0 Å². The second kappa shape index (κ2) is 9.97. The van der Waals surface area contributed by atoms with Gasteiger partial charge in [-0.15, -0.1) is 0 Å². The summed E-state index contributed by atoms with van der Waals surface area (Å²) in [6.45, 7) is 0.745. The van der Waals surface area contributed by atoms with Crippen LogP contribution in [0.15, 0.2) is 77.6 Å². The summed E-state index contributed by atoms with van der Waals surface area (Å²) in [7, 11) is 3.13. The number of hydrogen-bond donors (Lipinski definition) is 1. The number of hydrogen-bond acceptors (Lipinski definition) is 6. The van der Waals surface area contributed by atoms with Gasteiger partial charge in [0.05, 0.1) is 24.8 Å². The molecule has 1 N–H and O–H groups in total. The molecule has 0 atom stereocenters. The fraction of sp³-hybridized carbons (Fsp3) is 0.160. The van der Waals surface area contributed by atoms with Crippen molar-refractivity contribution in [2.24, 2.45) is 0 Å². The monoisotopic (exact) mass is 445 g/mol. The van der Waals surface area contributed by atoms with Crippen molar-refractivity contribution < 1.29 is 19.0 Å². The molecule has 33 heavy (non-hydrogen) atoms. The van der Waals surface area contributed by atoms with Crippen LogP contribution in [0.5, 0.6) is 11.5 Å². The first-order valence-electron chi connectivity index (χ1n) is 10.3. The molecule has 0 saturated carbocycles. The molecule has 4 aromatic rings. The lowest BCUT2D eigenvalue weighted by Crippen LogP contribution is -2.26. The fourth-order valence-electron chi connectivity index (χ4n) is 3.39. The van der Waals surface area contributed by atoms with Crippen LogP contribution >= 0.6 is 0 Å². The van der Waals surface area contributed by atoms with Gasteiger partial charge in [0.15, 0.2) is 17.2 Å². The summed E-state index contributed by atoms with van der Waals surface area (Å²) < 4.78 is 17.3. The van der Waals surface area contributed by atoms with Crippen molar-refractivity contribution in [1.29, 1.82) is 0 Å². The van der Waals surface area contributed by atoms with Crippen molar-refractivity contribution in [1.82, 2.24) is 9.78 Å². The molecule has 0 radical (unpaired) electrons. The Morgan fingerprint density at radius 1 is 0.909 bits per heavy atom. The number of aromatic nitrogens is 2. The quantitative estimate of drug-likeness (QED) is 0.416. The molecular weight excluding hydrogens is 422 g/mol. The van der Waals surface area contributed by atoms with Gasteiger partial charge in [0, 0.05) is 24.2 Å². The number of para-hydroxylation sites is 1. The van der Waals surface area contributed by atoms with Crippen molar-refractivity contribution in [3.05, 3.63) is 88.8 Å². The number of anilines is 1. The molecule has 0 fully saturated rings. The Kier molecular flexibility index (Phi) is 6.66. The van der Waals surface area contributed by atoms with Gasteiger partial charge in [-0.05, 0) is 30.3 Å². The van der Waals surface area contributed by atoms with E-state index in [0.29, 0.717) is 46.9 Å². The van der Waals surface area contributed by atoms with Crippen LogP contribution in [0.1, 0.15) is 10.5 Å². The number of ether oxygens (including phenoxy) is 3. The van der Waals surface area contributed by atoms with Crippen LogP contribution in [0.3, 0.4) is 0 Å². The zero-order chi connectivity index (χ0) is 23.2. The van der Waals surface area contributed by atoms with Crippen LogP contribution in [-0.4, -0.2) is 43.1 Å². The summed E-state index contributed by atoms with van der Waals surface area (Å²) in [6.07, 6.45) is 0. The van der Waals surface area contributed by atoms with Crippen molar-refractivity contribution >= 4 is 22.4 Å². The van der Waals surface area contributed by atoms with E-state index in [0.717, 1.165) is 0 Å². The molecule has 0 aliphatic rings. The summed E-state index contributed by atoms with van der Waals surface area (Å²) in [4.78, 5) is 26.3. The third-order valence-electron chi connectivity index (χ3n) is 4.99. The molecule has 0 spiro atoms. The number of nitrogens with one attached hydrogen (secondary N) is 1. The van der Waals surface area contributed by atoms with Gasteiger partial charge in [-0.25, -0.2) is 0 Å². The Morgan fingerprint density at radius 2 is 1.64 bits per heavy atom. The molecule has 168 valence electrons. The summed E-state index contributed by atoms with van der Waals surface area (Å²) >= 11 is 0. The van der Waals surface area contributed by atoms with E-state index in [2.05, 4.69) is 10.4 Å². The molecule has 1 heterocycles. The van der Waals surface area contributed by atoms with E-state index >= 15 is 0 Å². The zero-order valence-electron chi connectivity index (χ0n) is 18.3. The highest BCUT2D eigenvalue weighted by atomic mass is 16.5. The van der Waals surface area contributed by atoms with E-state index in [1.54, 1.807) is 80.9 Å². The Bertz CT molecular complexity index is 1340. The summed E-state index contributed by atoms with van der Waals surface area (Å²) in [5.74, 6) is 0.550. The lowest BCUT2D eigenvalue weighted by atomic mass is 10.1. The van der Waals surface area contributed by atoms with Crippen LogP contribution in [-0.2, 0) is 4.74 Å². The average molecular weight is 445 g/mol. The van der Waals surface area contributed by atoms with Crippen LogP contribution < -0.4 is 20.3 Å². The number of carbonyl (C=O) groups is 1. The van der Waals surface area contributed by atoms with Crippen molar-refractivity contribution in [3.63, 3.8) is 0 Å². The highest BCUT2D eigenvalue weighted by molar-refractivity contribution is 6.11. The Morgan fingerprint density at radius 3 is 2.36 bits per heavy atom. The molecule has 4 rings (SSSR count). The van der Waals surface area contributed by atoms with Crippen molar-refractivity contribution in [2.45, 2.75) is 0 Å². The Labute approximate surface area is 190 Å². The number of fused-ring (bicyclic) bond motifs is 1. The largest absolute Gasteiger partial charge is 0.493 e. The standard InChI is InChI=1S/C25H23N3O5/c1-31-14-15-33-22-16-17(12-13-21(22)32-2)26-24(29)23-19-10-6-7-11-20(19)25(30)28(27-23)18-8-4-3-5-9-18/h3-13,16H,14-15H2,1-2H3,(H,26,29). The topological polar surface area (TPSA) is 91.7 Å². The van der Waals surface area contributed by atoms with Gasteiger partial charge < -0.3 is 19.5 Å². The molecule has 0 aliphatic carbocycles. The first-order valence-corrected chi connectivity index (χ1v) is 10.3. The minimum Gasteiger partial charge on any atom is -0.493 e. The van der Waals surface area contributed by atoms with Gasteiger partial charge in [-0.1, -0.05) is 36.4 Å². The normalized spacial score (nSPS) is 10.7. The second-order valence-electron chi connectivity index (χ2n) is 7.11. The molecular formula is C25H23N3O5. The van der Waals surface area contributed by atoms with E-state index in [4.69, 9.17) is 14.2 Å². The van der Waals surface area contributed by atoms with Crippen LogP contribution in [0.4, 0.5) is 5.69 Å². The maximum Gasteiger partial charge on any atom is 0.279 e. The van der Waals surface area contributed by atoms with Crippen LogP contribution in [0, 0.1) is 0 Å². The van der Waals surface area contributed by atoms with E-state index in [1.807, 2.05) is 6.07 Å². The van der Waals surface area contributed by atoms with Gasteiger partial charge in [0.1, 0.15) is 6.61 Å². The molecule has 0 aliphatic heterocycles. The highest BCUT2D eigenvalue weighted by Crippen LogP contribution is 2.30. The summed E-state index contributed by atoms with van der Waals surface area (Å²) in [6, 6.07) is 21.0. The molecule has 1 amide bonds. The van der Waals surface area contributed by atoms with Crippen molar-refractivity contribution in [2.75, 3.05) is 32.8 Å². The SMILES string of the molecule is COCCOc1cc(NC(=O)c2nn(-c3ccccc3)c(=O)c3ccccc23)ccc1OC. The van der Waals surface area contributed by atoms with E-state index in [1.165, 1.54) is 4.68 Å². The third-order valence-corrected chi connectivity index (χ3v) is 4.99. The average Bonchev–Trinajstić information content (AvgIpc) is 2.85. The highest BCUT2D eigenvalue weighted by Gasteiger charge is 2.18. The smallest absolute Gasteiger partial charge is 0.279 e. The van der Waals surface area contributed by atoms with Gasteiger partial charge in [-0.2, -0.15) is 9.78 Å². The van der Waals surface area contributed by atoms with E-state index in [9.17, 15) is 9.59 Å². The van der Waals surface area contributed by atoms with Gasteiger partial charge in [0.25, 0.3) is 11.5 Å². The first-order chi connectivity index (χ1) is 16.1. The Hall–Kier alpha value is -4.17. The molecule has 0 bridgehead atoms. The first kappa shape index (κ1) is 22.0. The molecule has 0 unspecified atom stereocenters. The van der Waals surface area contributed by atoms with Crippen LogP contribution in [0.25, 0.3) is 16.5 Å². The third kappa shape index (κ3) is 4.70. The minimum absolute atomic E-state index is 0.131. The lowest BCUT2D eigenvalue weighted by Gasteiger charge is -2.14. The van der Waals surface area contributed by atoms with Gasteiger partial charge in [0.2, 0.25) is 0 Å². The van der Waals surface area contributed by atoms with E-state index < -0.39 is 5.91 Å². The van der Waals surface area contributed by atoms with E-state index in [-0.39, 0.29) is 11.3 Å². The molecule has 8 nitrogen and oxygen atoms in total. The molecule has 8 heteroatoms. The number of methoxy groups -OCH3 is 2. The minimum atomic E-state index is -0.455. The fourth-order valence-corrected chi connectivity index (χ4v) is 3.39. The molecule has 3 aromatic carbocycles. The maximum absolute atomic E-state index is 13.3. The predicted molar refractivity (Wildman–Crippen MR) is 126 cm³/mol. The lowest BCUT2D eigenvalue weighted by molar-refractivity contribution is 0.102. The molecule has 1 aromatic heterocycles. The number of carbonyl (C=O) groups excluding carboxylic acids is 1. The number of rotatable bonds is 8. The molecule has 0 saturated heterocycles. The number of benzene rings is 3. The number of amides is 1. The number of nitrogens with zero attached hydrogens (tertiary/aromatic N) is 2. The summed E-state index contributed by atoms with van der Waals surface area (Å²) in [5, 5.41) is 8.12. The van der Waals surface area contributed by atoms with Crippen molar-refractivity contribution in [3.8, 4) is 17.2 Å². The summed E-state index contributed by atoms with van der Waals surface area (Å²) in [5.41, 5.74) is 0.899. The zero-order valence-corrected chi connectivity index (χ0v) is 18.3. The predicted octanol–water partition coefficient (Wildman–Crippen LogP) is 3.67.